The molecule has 0 heterocycles. The monoisotopic (exact) mass is 287 g/mol. The van der Waals surface area contributed by atoms with Crippen molar-refractivity contribution in [3.05, 3.63) is 59.1 Å². The van der Waals surface area contributed by atoms with E-state index in [4.69, 9.17) is 21.6 Å². The summed E-state index contributed by atoms with van der Waals surface area (Å²) < 4.78 is 5.36. The number of nitrogens with one attached hydrogen (secondary N) is 2. The quantitative estimate of drug-likeness (QED) is 0.800. The summed E-state index contributed by atoms with van der Waals surface area (Å²) in [5, 5.41) is 9.20. The van der Waals surface area contributed by atoms with Crippen molar-refractivity contribution in [2.75, 3.05) is 12.0 Å². The van der Waals surface area contributed by atoms with Crippen molar-refractivity contribution < 1.29 is 4.74 Å². The van der Waals surface area contributed by atoms with Crippen molar-refractivity contribution in [1.29, 1.82) is 5.26 Å². The van der Waals surface area contributed by atoms with E-state index in [-0.39, 0.29) is 6.61 Å². The normalized spacial score (nSPS) is 9.80. The molecule has 0 aliphatic heterocycles. The third-order valence-corrected chi connectivity index (χ3v) is 2.84. The molecule has 20 heavy (non-hydrogen) atoms. The van der Waals surface area contributed by atoms with E-state index in [0.29, 0.717) is 17.3 Å². The summed E-state index contributed by atoms with van der Waals surface area (Å²) in [6.07, 6.45) is 0. The second-order valence-electron chi connectivity index (χ2n) is 4.04. The Bertz CT molecular complexity index is 596. The lowest BCUT2D eigenvalue weighted by Crippen LogP contribution is -2.21. The number of ether oxygens (including phenoxy) is 1. The number of anilines is 1. The first-order chi connectivity index (χ1) is 9.79. The number of halogens is 1. The van der Waals surface area contributed by atoms with Gasteiger partial charge in [0.2, 0.25) is 0 Å². The van der Waals surface area contributed by atoms with E-state index >= 15 is 0 Å². The average Bonchev–Trinajstić information content (AvgIpc) is 2.47. The fraction of sp³-hybridized carbons (Fsp3) is 0.133. The number of nitriles is 1. The van der Waals surface area contributed by atoms with Gasteiger partial charge in [0.25, 0.3) is 0 Å². The summed E-state index contributed by atoms with van der Waals surface area (Å²) in [4.78, 5) is 0. The second-order valence-corrected chi connectivity index (χ2v) is 4.48. The van der Waals surface area contributed by atoms with Crippen molar-refractivity contribution in [3.8, 4) is 11.8 Å². The zero-order valence-corrected chi connectivity index (χ0v) is 11.5. The predicted octanol–water partition coefficient (Wildman–Crippen LogP) is 3.36. The molecule has 0 radical (unpaired) electrons. The van der Waals surface area contributed by atoms with Crippen molar-refractivity contribution in [1.82, 2.24) is 5.43 Å². The van der Waals surface area contributed by atoms with Crippen LogP contribution in [0.5, 0.6) is 5.75 Å². The maximum atomic E-state index is 8.57. The molecule has 0 aliphatic carbocycles. The standard InChI is InChI=1S/C15H14ClN3O/c16-13-6-7-15(20-9-8-17)12(10-13)11-18-19-14-4-2-1-3-5-14/h1-7,10,18-19H,9,11H2. The Kier molecular flexibility index (Phi) is 5.24. The molecule has 102 valence electrons. The van der Waals surface area contributed by atoms with Crippen LogP contribution in [-0.4, -0.2) is 6.61 Å². The van der Waals surface area contributed by atoms with Crippen LogP contribution in [0.3, 0.4) is 0 Å². The van der Waals surface area contributed by atoms with Gasteiger partial charge in [-0.1, -0.05) is 29.8 Å². The van der Waals surface area contributed by atoms with Gasteiger partial charge < -0.3 is 10.2 Å². The molecule has 0 saturated carbocycles. The van der Waals surface area contributed by atoms with Gasteiger partial charge in [-0.2, -0.15) is 5.26 Å². The van der Waals surface area contributed by atoms with E-state index in [1.165, 1.54) is 0 Å². The van der Waals surface area contributed by atoms with Crippen molar-refractivity contribution in [3.63, 3.8) is 0 Å². The van der Waals surface area contributed by atoms with Gasteiger partial charge in [0, 0.05) is 22.8 Å². The van der Waals surface area contributed by atoms with Gasteiger partial charge in [0.05, 0.1) is 0 Å². The van der Waals surface area contributed by atoms with Crippen LogP contribution < -0.4 is 15.6 Å². The Labute approximate surface area is 122 Å². The molecule has 0 aromatic heterocycles. The van der Waals surface area contributed by atoms with Crippen LogP contribution in [0.2, 0.25) is 5.02 Å². The van der Waals surface area contributed by atoms with Gasteiger partial charge >= 0.3 is 0 Å². The third kappa shape index (κ3) is 4.16. The van der Waals surface area contributed by atoms with E-state index < -0.39 is 0 Å². The average molecular weight is 288 g/mol. The van der Waals surface area contributed by atoms with Crippen molar-refractivity contribution >= 4 is 17.3 Å². The van der Waals surface area contributed by atoms with Crippen molar-refractivity contribution in [2.45, 2.75) is 6.54 Å². The molecule has 2 N–H and O–H groups in total. The van der Waals surface area contributed by atoms with Gasteiger partial charge in [-0.3, -0.25) is 0 Å². The first-order valence-corrected chi connectivity index (χ1v) is 6.49. The Balaban J connectivity index is 1.97. The van der Waals surface area contributed by atoms with E-state index in [0.717, 1.165) is 11.3 Å². The second kappa shape index (κ2) is 7.39. The van der Waals surface area contributed by atoms with Crippen molar-refractivity contribution in [2.24, 2.45) is 0 Å². The smallest absolute Gasteiger partial charge is 0.174 e. The molecule has 0 saturated heterocycles. The highest BCUT2D eigenvalue weighted by Gasteiger charge is 2.04. The highest BCUT2D eigenvalue weighted by atomic mass is 35.5. The zero-order chi connectivity index (χ0) is 14.2. The molecule has 5 heteroatoms. The highest BCUT2D eigenvalue weighted by Crippen LogP contribution is 2.22. The van der Waals surface area contributed by atoms with Crippen LogP contribution in [0.4, 0.5) is 5.69 Å². The Morgan fingerprint density at radius 1 is 1.15 bits per heavy atom. The maximum Gasteiger partial charge on any atom is 0.174 e. The molecule has 0 fully saturated rings. The summed E-state index contributed by atoms with van der Waals surface area (Å²) >= 11 is 5.98. The summed E-state index contributed by atoms with van der Waals surface area (Å²) in [5.41, 5.74) is 8.02. The lowest BCUT2D eigenvalue weighted by Gasteiger charge is -2.12. The molecular formula is C15H14ClN3O. The topological polar surface area (TPSA) is 57.1 Å². The van der Waals surface area contributed by atoms with Gasteiger partial charge in [-0.25, -0.2) is 5.43 Å². The van der Waals surface area contributed by atoms with Gasteiger partial charge in [-0.05, 0) is 30.3 Å². The summed E-state index contributed by atoms with van der Waals surface area (Å²) in [7, 11) is 0. The third-order valence-electron chi connectivity index (χ3n) is 2.60. The summed E-state index contributed by atoms with van der Waals surface area (Å²) in [6, 6.07) is 17.0. The molecule has 4 nitrogen and oxygen atoms in total. The van der Waals surface area contributed by atoms with E-state index in [2.05, 4.69) is 10.9 Å². The van der Waals surface area contributed by atoms with Crippen LogP contribution in [0.1, 0.15) is 5.56 Å². The number of hydrogen-bond acceptors (Lipinski definition) is 4. The van der Waals surface area contributed by atoms with Crippen LogP contribution in [0.25, 0.3) is 0 Å². The molecule has 0 amide bonds. The molecule has 0 atom stereocenters. The van der Waals surface area contributed by atoms with Crippen LogP contribution >= 0.6 is 11.6 Å². The molecule has 2 aromatic carbocycles. The molecule has 2 rings (SSSR count). The molecular weight excluding hydrogens is 274 g/mol. The number of benzene rings is 2. The number of para-hydroxylation sites is 1. The van der Waals surface area contributed by atoms with E-state index in [1.807, 2.05) is 42.5 Å². The maximum absolute atomic E-state index is 8.57. The highest BCUT2D eigenvalue weighted by molar-refractivity contribution is 6.30. The largest absolute Gasteiger partial charge is 0.478 e. The lowest BCUT2D eigenvalue weighted by atomic mass is 10.2. The Morgan fingerprint density at radius 3 is 2.70 bits per heavy atom. The SMILES string of the molecule is N#CCOc1ccc(Cl)cc1CNNc1ccccc1. The summed E-state index contributed by atoms with van der Waals surface area (Å²) in [5.74, 6) is 0.651. The molecule has 0 unspecified atom stereocenters. The number of rotatable bonds is 6. The number of nitrogens with zero attached hydrogens (tertiary/aromatic N) is 1. The lowest BCUT2D eigenvalue weighted by molar-refractivity contribution is 0.363. The fourth-order valence-corrected chi connectivity index (χ4v) is 1.89. The molecule has 0 spiro atoms. The Hall–Kier alpha value is -2.22. The first-order valence-electron chi connectivity index (χ1n) is 6.11. The molecule has 2 aromatic rings. The molecule has 0 aliphatic rings. The van der Waals surface area contributed by atoms with Gasteiger partial charge in [-0.15, -0.1) is 0 Å². The summed E-state index contributed by atoms with van der Waals surface area (Å²) in [6.45, 7) is 0.539. The number of hydrazine groups is 1. The van der Waals surface area contributed by atoms with E-state index in [9.17, 15) is 0 Å². The number of hydrogen-bond donors (Lipinski definition) is 2. The van der Waals surface area contributed by atoms with E-state index in [1.54, 1.807) is 12.1 Å². The Morgan fingerprint density at radius 2 is 1.95 bits per heavy atom. The minimum absolute atomic E-state index is 0.0146. The minimum Gasteiger partial charge on any atom is -0.478 e. The first kappa shape index (κ1) is 14.2. The van der Waals surface area contributed by atoms with Gasteiger partial charge in [0.1, 0.15) is 11.8 Å². The molecule has 0 bridgehead atoms. The van der Waals surface area contributed by atoms with Crippen LogP contribution in [0.15, 0.2) is 48.5 Å². The minimum atomic E-state index is 0.0146. The predicted molar refractivity (Wildman–Crippen MR) is 79.5 cm³/mol. The van der Waals surface area contributed by atoms with Crippen LogP contribution in [-0.2, 0) is 6.54 Å². The van der Waals surface area contributed by atoms with Crippen LogP contribution in [0, 0.1) is 11.3 Å². The fourth-order valence-electron chi connectivity index (χ4n) is 1.70. The van der Waals surface area contributed by atoms with Gasteiger partial charge in [0.15, 0.2) is 6.61 Å². The zero-order valence-electron chi connectivity index (χ0n) is 10.8.